The Bertz CT molecular complexity index is 203. The number of carbonyl (C=O) groups excluding carboxylic acids is 1. The van der Waals surface area contributed by atoms with Crippen molar-refractivity contribution < 1.29 is 4.79 Å². The van der Waals surface area contributed by atoms with E-state index in [1.54, 1.807) is 0 Å². The van der Waals surface area contributed by atoms with Crippen LogP contribution in [0.3, 0.4) is 0 Å². The SMILES string of the molecule is CSC1(CN2CNCC2=O)CC1. The average Bonchev–Trinajstić information content (AvgIpc) is 2.74. The van der Waals surface area contributed by atoms with Crippen LogP contribution in [0.4, 0.5) is 0 Å². The van der Waals surface area contributed by atoms with Gasteiger partial charge < -0.3 is 4.90 Å². The van der Waals surface area contributed by atoms with Crippen LogP contribution in [0.2, 0.25) is 0 Å². The van der Waals surface area contributed by atoms with Crippen LogP contribution in [0.1, 0.15) is 12.8 Å². The van der Waals surface area contributed by atoms with Crippen molar-refractivity contribution in [3.8, 4) is 0 Å². The van der Waals surface area contributed by atoms with Crippen LogP contribution in [-0.4, -0.2) is 41.6 Å². The summed E-state index contributed by atoms with van der Waals surface area (Å²) in [4.78, 5) is 13.2. The minimum absolute atomic E-state index is 0.260. The van der Waals surface area contributed by atoms with Gasteiger partial charge in [-0.25, -0.2) is 0 Å². The molecule has 4 heteroatoms. The highest BCUT2D eigenvalue weighted by Gasteiger charge is 2.44. The molecule has 0 radical (unpaired) electrons. The third kappa shape index (κ3) is 1.45. The van der Waals surface area contributed by atoms with E-state index < -0.39 is 0 Å². The molecule has 1 saturated heterocycles. The highest BCUT2D eigenvalue weighted by atomic mass is 32.2. The molecule has 0 aromatic heterocycles. The number of nitrogens with one attached hydrogen (secondary N) is 1. The summed E-state index contributed by atoms with van der Waals surface area (Å²) in [6, 6.07) is 0. The van der Waals surface area contributed by atoms with Gasteiger partial charge in [-0.3, -0.25) is 10.1 Å². The Morgan fingerprint density at radius 2 is 2.42 bits per heavy atom. The van der Waals surface area contributed by atoms with Crippen molar-refractivity contribution in [3.05, 3.63) is 0 Å². The number of thioether (sulfide) groups is 1. The van der Waals surface area contributed by atoms with Gasteiger partial charge in [0.25, 0.3) is 0 Å². The minimum atomic E-state index is 0.260. The van der Waals surface area contributed by atoms with Gasteiger partial charge in [-0.2, -0.15) is 11.8 Å². The van der Waals surface area contributed by atoms with E-state index in [1.807, 2.05) is 16.7 Å². The zero-order valence-corrected chi connectivity index (χ0v) is 8.12. The molecule has 0 bridgehead atoms. The van der Waals surface area contributed by atoms with Gasteiger partial charge in [-0.05, 0) is 19.1 Å². The lowest BCUT2D eigenvalue weighted by molar-refractivity contribution is -0.126. The van der Waals surface area contributed by atoms with Crippen molar-refractivity contribution >= 4 is 17.7 Å². The standard InChI is InChI=1S/C8H14N2OS/c1-12-8(2-3-8)5-10-6-9-4-7(10)11/h9H,2-6H2,1H3. The fourth-order valence-electron chi connectivity index (χ4n) is 1.56. The Hall–Kier alpha value is -0.220. The molecule has 0 aromatic rings. The first-order valence-electron chi connectivity index (χ1n) is 4.29. The molecule has 1 amide bonds. The zero-order valence-electron chi connectivity index (χ0n) is 7.30. The van der Waals surface area contributed by atoms with E-state index in [9.17, 15) is 4.79 Å². The van der Waals surface area contributed by atoms with Gasteiger partial charge in [0.1, 0.15) is 0 Å². The third-order valence-electron chi connectivity index (χ3n) is 2.65. The quantitative estimate of drug-likeness (QED) is 0.686. The van der Waals surface area contributed by atoms with Crippen LogP contribution in [-0.2, 0) is 4.79 Å². The summed E-state index contributed by atoms with van der Waals surface area (Å²) in [7, 11) is 0. The van der Waals surface area contributed by atoms with Crippen LogP contribution in [0.15, 0.2) is 0 Å². The molecule has 1 saturated carbocycles. The Morgan fingerprint density at radius 3 is 2.83 bits per heavy atom. The van der Waals surface area contributed by atoms with E-state index in [0.717, 1.165) is 13.2 Å². The fourth-order valence-corrected chi connectivity index (χ4v) is 2.35. The number of hydrogen-bond acceptors (Lipinski definition) is 3. The lowest BCUT2D eigenvalue weighted by Gasteiger charge is -2.20. The lowest BCUT2D eigenvalue weighted by Crippen LogP contribution is -2.34. The molecule has 1 N–H and O–H groups in total. The van der Waals surface area contributed by atoms with Crippen LogP contribution in [0.5, 0.6) is 0 Å². The molecule has 0 unspecified atom stereocenters. The third-order valence-corrected chi connectivity index (χ3v) is 4.05. The highest BCUT2D eigenvalue weighted by Crippen LogP contribution is 2.47. The molecule has 3 nitrogen and oxygen atoms in total. The highest BCUT2D eigenvalue weighted by molar-refractivity contribution is 8.00. The first-order chi connectivity index (χ1) is 5.76. The van der Waals surface area contributed by atoms with Gasteiger partial charge in [0, 0.05) is 11.3 Å². The van der Waals surface area contributed by atoms with Gasteiger partial charge >= 0.3 is 0 Å². The maximum absolute atomic E-state index is 11.2. The molecule has 2 fully saturated rings. The van der Waals surface area contributed by atoms with Gasteiger partial charge in [0.2, 0.25) is 5.91 Å². The van der Waals surface area contributed by atoms with Crippen molar-refractivity contribution in [2.45, 2.75) is 17.6 Å². The first-order valence-corrected chi connectivity index (χ1v) is 5.52. The molecule has 12 heavy (non-hydrogen) atoms. The van der Waals surface area contributed by atoms with Crippen molar-refractivity contribution in [2.75, 3.05) is 26.0 Å². The molecule has 2 rings (SSSR count). The lowest BCUT2D eigenvalue weighted by atomic mass is 10.4. The smallest absolute Gasteiger partial charge is 0.237 e. The molecule has 1 aliphatic carbocycles. The Morgan fingerprint density at radius 1 is 1.67 bits per heavy atom. The van der Waals surface area contributed by atoms with E-state index in [4.69, 9.17) is 0 Å². The molecule has 0 atom stereocenters. The van der Waals surface area contributed by atoms with Crippen LogP contribution < -0.4 is 5.32 Å². The molecule has 0 aromatic carbocycles. The summed E-state index contributed by atoms with van der Waals surface area (Å²) in [5, 5.41) is 3.06. The van der Waals surface area contributed by atoms with E-state index in [1.165, 1.54) is 12.8 Å². The number of carbonyl (C=O) groups is 1. The molecule has 1 aliphatic heterocycles. The average molecular weight is 186 g/mol. The molecule has 0 spiro atoms. The fraction of sp³-hybridized carbons (Fsp3) is 0.875. The number of amides is 1. The van der Waals surface area contributed by atoms with Crippen molar-refractivity contribution in [2.24, 2.45) is 0 Å². The molecule has 1 heterocycles. The van der Waals surface area contributed by atoms with Gasteiger partial charge in [0.05, 0.1) is 13.2 Å². The van der Waals surface area contributed by atoms with Gasteiger partial charge in [-0.15, -0.1) is 0 Å². The van der Waals surface area contributed by atoms with E-state index >= 15 is 0 Å². The molecular formula is C8H14N2OS. The largest absolute Gasteiger partial charge is 0.327 e. The number of nitrogens with zero attached hydrogens (tertiary/aromatic N) is 1. The monoisotopic (exact) mass is 186 g/mol. The second kappa shape index (κ2) is 2.92. The summed E-state index contributed by atoms with van der Waals surface area (Å²) in [5.74, 6) is 0.260. The Labute approximate surface area is 76.9 Å². The maximum Gasteiger partial charge on any atom is 0.237 e. The Kier molecular flexibility index (Phi) is 2.04. The second-order valence-electron chi connectivity index (χ2n) is 3.56. The van der Waals surface area contributed by atoms with Crippen LogP contribution in [0.25, 0.3) is 0 Å². The van der Waals surface area contributed by atoms with Gasteiger partial charge in [0.15, 0.2) is 0 Å². The molecular weight excluding hydrogens is 172 g/mol. The minimum Gasteiger partial charge on any atom is -0.327 e. The zero-order chi connectivity index (χ0) is 8.60. The van der Waals surface area contributed by atoms with Crippen molar-refractivity contribution in [1.82, 2.24) is 10.2 Å². The topological polar surface area (TPSA) is 32.3 Å². The maximum atomic E-state index is 11.2. The second-order valence-corrected chi connectivity index (χ2v) is 4.84. The predicted molar refractivity (Wildman–Crippen MR) is 50.1 cm³/mol. The predicted octanol–water partition coefficient (Wildman–Crippen LogP) is 0.271. The van der Waals surface area contributed by atoms with Crippen molar-refractivity contribution in [3.63, 3.8) is 0 Å². The summed E-state index contributed by atoms with van der Waals surface area (Å²) in [6.45, 7) is 2.23. The van der Waals surface area contributed by atoms with E-state index in [0.29, 0.717) is 11.3 Å². The number of rotatable bonds is 3. The Balaban J connectivity index is 1.90. The van der Waals surface area contributed by atoms with Gasteiger partial charge in [-0.1, -0.05) is 0 Å². The van der Waals surface area contributed by atoms with Crippen LogP contribution >= 0.6 is 11.8 Å². The van der Waals surface area contributed by atoms with E-state index in [-0.39, 0.29) is 5.91 Å². The molecule has 68 valence electrons. The first kappa shape index (κ1) is 8.38. The van der Waals surface area contributed by atoms with Crippen molar-refractivity contribution in [1.29, 1.82) is 0 Å². The summed E-state index contributed by atoms with van der Waals surface area (Å²) in [5.41, 5.74) is 0. The number of hydrogen-bond donors (Lipinski definition) is 1. The van der Waals surface area contributed by atoms with E-state index in [2.05, 4.69) is 11.6 Å². The van der Waals surface area contributed by atoms with Crippen LogP contribution in [0, 0.1) is 0 Å². The summed E-state index contributed by atoms with van der Waals surface area (Å²) >= 11 is 1.91. The summed E-state index contributed by atoms with van der Waals surface area (Å²) in [6.07, 6.45) is 4.69. The summed E-state index contributed by atoms with van der Waals surface area (Å²) < 4.78 is 0.418. The molecule has 2 aliphatic rings. The normalized spacial score (nSPS) is 26.4.